The fourth-order valence-corrected chi connectivity index (χ4v) is 3.84. The van der Waals surface area contributed by atoms with Crippen LogP contribution in [0.3, 0.4) is 0 Å². The molecule has 0 bridgehead atoms. The number of carbonyl (C=O) groups is 2. The summed E-state index contributed by atoms with van der Waals surface area (Å²) in [5.74, 6) is 0. The summed E-state index contributed by atoms with van der Waals surface area (Å²) in [5, 5.41) is 2.72. The summed E-state index contributed by atoms with van der Waals surface area (Å²) in [6.45, 7) is 10.7. The quantitative estimate of drug-likeness (QED) is 0.495. The Balaban J connectivity index is 2.90. The summed E-state index contributed by atoms with van der Waals surface area (Å²) in [6.07, 6.45) is -0.415. The number of rotatable bonds is 10. The summed E-state index contributed by atoms with van der Waals surface area (Å²) >= 11 is 0. The van der Waals surface area contributed by atoms with E-state index in [-0.39, 0.29) is 19.7 Å². The third kappa shape index (κ3) is 10.9. The van der Waals surface area contributed by atoms with Gasteiger partial charge in [0, 0.05) is 13.1 Å². The number of nitrogens with one attached hydrogen (secondary N) is 2. The Morgan fingerprint density at radius 2 is 1.70 bits per heavy atom. The lowest BCUT2D eigenvalue weighted by Crippen LogP contribution is -2.54. The number of hydrogen-bond acceptors (Lipinski definition) is 6. The standard InChI is InChI=1S/C22H38BN3O6S/c1-21(2,3)18(25-19(27)32-22(4,5)6)15-24-33(29,30)26(14-10-13-23)20(28)31-16-17-11-8-7-9-12-17/h7-9,11-12,18,24H,10,13-16,23H2,1-6H3,(H,25,27)/t18-/m1/s1. The van der Waals surface area contributed by atoms with Gasteiger partial charge in [-0.15, -0.1) is 0 Å². The van der Waals surface area contributed by atoms with E-state index in [0.29, 0.717) is 17.0 Å². The fraction of sp³-hybridized carbons (Fsp3) is 0.636. The first-order valence-electron chi connectivity index (χ1n) is 11.1. The maximum Gasteiger partial charge on any atom is 0.424 e. The van der Waals surface area contributed by atoms with E-state index in [1.807, 2.05) is 34.7 Å². The molecule has 0 aliphatic carbocycles. The second-order valence-corrected chi connectivity index (χ2v) is 11.6. The van der Waals surface area contributed by atoms with Crippen LogP contribution in [-0.2, 0) is 26.3 Å². The molecule has 2 N–H and O–H groups in total. The Morgan fingerprint density at radius 3 is 2.21 bits per heavy atom. The van der Waals surface area contributed by atoms with Crippen LogP contribution in [0.2, 0.25) is 6.32 Å². The van der Waals surface area contributed by atoms with Crippen molar-refractivity contribution in [3.8, 4) is 0 Å². The van der Waals surface area contributed by atoms with E-state index in [9.17, 15) is 18.0 Å². The number of ether oxygens (including phenoxy) is 2. The second-order valence-electron chi connectivity index (χ2n) is 9.88. The van der Waals surface area contributed by atoms with Crippen molar-refractivity contribution >= 4 is 30.2 Å². The average Bonchev–Trinajstić information content (AvgIpc) is 2.68. The molecule has 0 saturated heterocycles. The summed E-state index contributed by atoms with van der Waals surface area (Å²) in [6, 6.07) is 8.43. The van der Waals surface area contributed by atoms with Gasteiger partial charge < -0.3 is 14.8 Å². The normalized spacial score (nSPS) is 13.2. The predicted molar refractivity (Wildman–Crippen MR) is 131 cm³/mol. The number of hydrogen-bond donors (Lipinski definition) is 2. The summed E-state index contributed by atoms with van der Waals surface area (Å²) in [7, 11) is -2.31. The van der Waals surface area contributed by atoms with E-state index in [0.717, 1.165) is 5.56 Å². The highest BCUT2D eigenvalue weighted by Gasteiger charge is 2.33. The molecule has 0 unspecified atom stereocenters. The topological polar surface area (TPSA) is 114 Å². The van der Waals surface area contributed by atoms with Gasteiger partial charge in [-0.2, -0.15) is 17.4 Å². The third-order valence-electron chi connectivity index (χ3n) is 4.62. The van der Waals surface area contributed by atoms with Gasteiger partial charge in [-0.1, -0.05) is 57.4 Å². The molecule has 1 atom stereocenters. The van der Waals surface area contributed by atoms with Crippen molar-refractivity contribution < 1.29 is 27.5 Å². The van der Waals surface area contributed by atoms with Crippen molar-refractivity contribution in [3.05, 3.63) is 35.9 Å². The molecule has 0 heterocycles. The molecule has 186 valence electrons. The van der Waals surface area contributed by atoms with Gasteiger partial charge in [0.2, 0.25) is 0 Å². The van der Waals surface area contributed by atoms with Crippen molar-refractivity contribution in [2.24, 2.45) is 5.41 Å². The highest BCUT2D eigenvalue weighted by Crippen LogP contribution is 2.20. The van der Waals surface area contributed by atoms with Crippen molar-refractivity contribution in [2.45, 2.75) is 72.5 Å². The molecule has 0 radical (unpaired) electrons. The molecule has 0 fully saturated rings. The maximum atomic E-state index is 13.0. The molecule has 2 amide bonds. The van der Waals surface area contributed by atoms with Gasteiger partial charge in [0.1, 0.15) is 20.1 Å². The molecule has 0 aromatic heterocycles. The molecule has 0 saturated carbocycles. The Bertz CT molecular complexity index is 866. The molecule has 11 heteroatoms. The minimum atomic E-state index is -4.21. The maximum absolute atomic E-state index is 13.0. The highest BCUT2D eigenvalue weighted by atomic mass is 32.2. The fourth-order valence-electron chi connectivity index (χ4n) is 2.69. The Hall–Kier alpha value is -2.27. The van der Waals surface area contributed by atoms with Crippen molar-refractivity contribution in [3.63, 3.8) is 0 Å². The van der Waals surface area contributed by atoms with Crippen LogP contribution in [0.5, 0.6) is 0 Å². The first-order valence-corrected chi connectivity index (χ1v) is 12.6. The molecular formula is C22H38BN3O6S. The number of alkyl carbamates (subject to hydrolysis) is 1. The smallest absolute Gasteiger partial charge is 0.424 e. The SMILES string of the molecule is BCCCN(C(=O)OCc1ccccc1)S(=O)(=O)NC[C@@H](NC(=O)OC(C)(C)C)C(C)(C)C. The van der Waals surface area contributed by atoms with Crippen molar-refractivity contribution in [1.82, 2.24) is 14.3 Å². The van der Waals surface area contributed by atoms with Gasteiger partial charge in [-0.25, -0.2) is 9.59 Å². The van der Waals surface area contributed by atoms with Crippen LogP contribution < -0.4 is 10.0 Å². The number of benzene rings is 1. The van der Waals surface area contributed by atoms with Gasteiger partial charge in [-0.05, 0) is 38.2 Å². The zero-order valence-corrected chi connectivity index (χ0v) is 21.6. The minimum absolute atomic E-state index is 0.0147. The van der Waals surface area contributed by atoms with E-state index in [1.54, 1.807) is 45.0 Å². The lowest BCUT2D eigenvalue weighted by atomic mass is 9.87. The van der Waals surface area contributed by atoms with E-state index >= 15 is 0 Å². The van der Waals surface area contributed by atoms with Gasteiger partial charge in [0.15, 0.2) is 0 Å². The molecule has 9 nitrogen and oxygen atoms in total. The molecule has 0 aliphatic heterocycles. The molecule has 0 aliphatic rings. The Labute approximate surface area is 199 Å². The van der Waals surface area contributed by atoms with Crippen LogP contribution in [0.15, 0.2) is 30.3 Å². The Morgan fingerprint density at radius 1 is 1.09 bits per heavy atom. The molecule has 1 aromatic rings. The van der Waals surface area contributed by atoms with Crippen LogP contribution in [-0.4, -0.2) is 57.5 Å². The zero-order valence-electron chi connectivity index (χ0n) is 20.8. The lowest BCUT2D eigenvalue weighted by molar-refractivity contribution is 0.0465. The van der Waals surface area contributed by atoms with Crippen LogP contribution in [0.25, 0.3) is 0 Å². The largest absolute Gasteiger partial charge is 0.444 e. The molecule has 1 aromatic carbocycles. The number of nitrogens with zero attached hydrogens (tertiary/aromatic N) is 1. The Kier molecular flexibility index (Phi) is 10.7. The first-order chi connectivity index (χ1) is 15.2. The van der Waals surface area contributed by atoms with E-state index in [2.05, 4.69) is 10.0 Å². The number of carbonyl (C=O) groups excluding carboxylic acids is 2. The van der Waals surface area contributed by atoms with Crippen LogP contribution in [0, 0.1) is 5.41 Å². The number of amides is 2. The van der Waals surface area contributed by atoms with Gasteiger partial charge in [0.25, 0.3) is 0 Å². The third-order valence-corrected chi connectivity index (χ3v) is 6.06. The predicted octanol–water partition coefficient (Wildman–Crippen LogP) is 2.84. The second kappa shape index (κ2) is 12.3. The van der Waals surface area contributed by atoms with Gasteiger partial charge >= 0.3 is 22.4 Å². The zero-order chi connectivity index (χ0) is 25.3. The van der Waals surface area contributed by atoms with Crippen LogP contribution >= 0.6 is 0 Å². The lowest BCUT2D eigenvalue weighted by Gasteiger charge is -2.33. The molecular weight excluding hydrogens is 445 g/mol. The van der Waals surface area contributed by atoms with E-state index in [4.69, 9.17) is 9.47 Å². The first kappa shape index (κ1) is 28.8. The summed E-state index contributed by atoms with van der Waals surface area (Å²) < 4.78 is 39.7. The van der Waals surface area contributed by atoms with E-state index in [1.165, 1.54) is 0 Å². The minimum Gasteiger partial charge on any atom is -0.444 e. The van der Waals surface area contributed by atoms with Crippen LogP contribution in [0.1, 0.15) is 53.5 Å². The molecule has 1 rings (SSSR count). The molecule has 33 heavy (non-hydrogen) atoms. The summed E-state index contributed by atoms with van der Waals surface area (Å²) in [5.41, 5.74) is -0.423. The van der Waals surface area contributed by atoms with Crippen molar-refractivity contribution in [2.75, 3.05) is 13.1 Å². The highest BCUT2D eigenvalue weighted by molar-refractivity contribution is 7.87. The average molecular weight is 483 g/mol. The van der Waals surface area contributed by atoms with Gasteiger partial charge in [-0.3, -0.25) is 0 Å². The van der Waals surface area contributed by atoms with Crippen LogP contribution in [0.4, 0.5) is 9.59 Å². The van der Waals surface area contributed by atoms with Crippen molar-refractivity contribution in [1.29, 1.82) is 0 Å². The van der Waals surface area contributed by atoms with E-state index < -0.39 is 39.5 Å². The monoisotopic (exact) mass is 483 g/mol. The molecule has 0 spiro atoms. The summed E-state index contributed by atoms with van der Waals surface area (Å²) in [4.78, 5) is 24.9. The van der Waals surface area contributed by atoms with Gasteiger partial charge in [0.05, 0.1) is 6.04 Å².